The summed E-state index contributed by atoms with van der Waals surface area (Å²) in [7, 11) is 0. The molecule has 0 radical (unpaired) electrons. The molecule has 0 atom stereocenters. The lowest BCUT2D eigenvalue weighted by Gasteiger charge is -2.15. The van der Waals surface area contributed by atoms with Gasteiger partial charge in [-0.25, -0.2) is 4.98 Å². The molecule has 3 aromatic carbocycles. The third-order valence-electron chi connectivity index (χ3n) is 5.81. The van der Waals surface area contributed by atoms with E-state index in [9.17, 15) is 0 Å². The first-order valence-corrected chi connectivity index (χ1v) is 10.1. The van der Waals surface area contributed by atoms with E-state index < -0.39 is 0 Å². The Hall–Kier alpha value is -2.71. The normalized spacial score (nSPS) is 13.1. The molecular weight excluding hydrogens is 394 g/mol. The highest BCUT2D eigenvalue weighted by molar-refractivity contribution is 9.10. The Morgan fingerprint density at radius 2 is 1.15 bits per heavy atom. The second kappa shape index (κ2) is 5.64. The molecule has 1 nitrogen and oxygen atoms in total. The predicted octanol–water partition coefficient (Wildman–Crippen LogP) is 6.65. The lowest BCUT2D eigenvalue weighted by Crippen LogP contribution is -1.98. The first-order chi connectivity index (χ1) is 13.3. The Morgan fingerprint density at radius 1 is 0.630 bits per heavy atom. The molecule has 2 aliphatic carbocycles. The van der Waals surface area contributed by atoms with Crippen molar-refractivity contribution in [3.63, 3.8) is 0 Å². The molecule has 0 N–H and O–H groups in total. The molecule has 0 saturated heterocycles. The van der Waals surface area contributed by atoms with E-state index in [1.54, 1.807) is 0 Å². The highest BCUT2D eigenvalue weighted by Gasteiger charge is 2.31. The predicted molar refractivity (Wildman–Crippen MR) is 114 cm³/mol. The standard InChI is InChI=1S/C25H16BrN/c26-18-11-9-15(10-12-18)23-21-13-16-5-1-3-7-19(16)24(21)27-25-20-8-4-2-6-17(20)14-22(23)25/h1-12H,13-14H2. The molecule has 128 valence electrons. The molecular formula is C25H16BrN. The zero-order chi connectivity index (χ0) is 18.0. The van der Waals surface area contributed by atoms with E-state index in [0.717, 1.165) is 17.3 Å². The number of halogens is 1. The molecule has 0 bridgehead atoms. The van der Waals surface area contributed by atoms with Crippen LogP contribution in [0.15, 0.2) is 77.3 Å². The van der Waals surface area contributed by atoms with Crippen LogP contribution in [-0.4, -0.2) is 4.98 Å². The van der Waals surface area contributed by atoms with Crippen molar-refractivity contribution in [1.29, 1.82) is 0 Å². The summed E-state index contributed by atoms with van der Waals surface area (Å²) in [6.07, 6.45) is 1.93. The third-order valence-corrected chi connectivity index (χ3v) is 6.34. The Balaban J connectivity index is 1.70. The fourth-order valence-corrected chi connectivity index (χ4v) is 4.88. The summed E-state index contributed by atoms with van der Waals surface area (Å²) in [4.78, 5) is 5.21. The van der Waals surface area contributed by atoms with Gasteiger partial charge in [0.1, 0.15) is 0 Å². The molecule has 1 heterocycles. The van der Waals surface area contributed by atoms with Gasteiger partial charge in [-0.05, 0) is 45.5 Å². The second-order valence-corrected chi connectivity index (χ2v) is 8.23. The van der Waals surface area contributed by atoms with E-state index in [-0.39, 0.29) is 0 Å². The van der Waals surface area contributed by atoms with Gasteiger partial charge in [-0.3, -0.25) is 0 Å². The topological polar surface area (TPSA) is 12.9 Å². The Bertz CT molecular complexity index is 1150. The van der Waals surface area contributed by atoms with Gasteiger partial charge in [-0.15, -0.1) is 0 Å². The van der Waals surface area contributed by atoms with Gasteiger partial charge in [0, 0.05) is 28.4 Å². The van der Waals surface area contributed by atoms with Crippen molar-refractivity contribution in [2.24, 2.45) is 0 Å². The molecule has 0 unspecified atom stereocenters. The highest BCUT2D eigenvalue weighted by Crippen LogP contribution is 2.48. The van der Waals surface area contributed by atoms with Gasteiger partial charge in [0.15, 0.2) is 0 Å². The maximum atomic E-state index is 5.21. The smallest absolute Gasteiger partial charge is 0.0754 e. The molecule has 27 heavy (non-hydrogen) atoms. The average molecular weight is 410 g/mol. The van der Waals surface area contributed by atoms with Gasteiger partial charge >= 0.3 is 0 Å². The van der Waals surface area contributed by atoms with E-state index in [2.05, 4.69) is 88.7 Å². The van der Waals surface area contributed by atoms with Crippen LogP contribution in [0.2, 0.25) is 0 Å². The number of benzene rings is 3. The van der Waals surface area contributed by atoms with Gasteiger partial charge in [-0.2, -0.15) is 0 Å². The fourth-order valence-electron chi connectivity index (χ4n) is 4.61. The lowest BCUT2D eigenvalue weighted by atomic mass is 9.92. The Labute approximate surface area is 166 Å². The summed E-state index contributed by atoms with van der Waals surface area (Å²) in [6.45, 7) is 0. The van der Waals surface area contributed by atoms with Crippen LogP contribution in [-0.2, 0) is 12.8 Å². The molecule has 2 heteroatoms. The molecule has 0 fully saturated rings. The van der Waals surface area contributed by atoms with Crippen LogP contribution in [0.25, 0.3) is 33.6 Å². The van der Waals surface area contributed by atoms with Crippen LogP contribution >= 0.6 is 15.9 Å². The summed E-state index contributed by atoms with van der Waals surface area (Å²) < 4.78 is 1.11. The summed E-state index contributed by atoms with van der Waals surface area (Å²) in [6, 6.07) is 26.1. The lowest BCUT2D eigenvalue weighted by molar-refractivity contribution is 1.18. The molecule has 2 aliphatic rings. The van der Waals surface area contributed by atoms with Crippen LogP contribution in [0.1, 0.15) is 22.3 Å². The maximum absolute atomic E-state index is 5.21. The highest BCUT2D eigenvalue weighted by atomic mass is 79.9. The van der Waals surface area contributed by atoms with Crippen LogP contribution in [0, 0.1) is 0 Å². The van der Waals surface area contributed by atoms with Crippen LogP contribution in [0.4, 0.5) is 0 Å². The van der Waals surface area contributed by atoms with E-state index in [4.69, 9.17) is 4.98 Å². The summed E-state index contributed by atoms with van der Waals surface area (Å²) in [5, 5.41) is 0. The monoisotopic (exact) mass is 409 g/mol. The van der Waals surface area contributed by atoms with Crippen molar-refractivity contribution in [3.05, 3.63) is 99.5 Å². The van der Waals surface area contributed by atoms with E-state index >= 15 is 0 Å². The molecule has 6 rings (SSSR count). The first-order valence-electron chi connectivity index (χ1n) is 9.28. The maximum Gasteiger partial charge on any atom is 0.0754 e. The van der Waals surface area contributed by atoms with Gasteiger partial charge in [-0.1, -0.05) is 76.6 Å². The van der Waals surface area contributed by atoms with E-state index in [1.165, 1.54) is 55.9 Å². The van der Waals surface area contributed by atoms with E-state index in [1.807, 2.05) is 0 Å². The second-order valence-electron chi connectivity index (χ2n) is 7.32. The van der Waals surface area contributed by atoms with E-state index in [0.29, 0.717) is 0 Å². The Morgan fingerprint density at radius 3 is 1.70 bits per heavy atom. The van der Waals surface area contributed by atoms with Crippen molar-refractivity contribution >= 4 is 15.9 Å². The summed E-state index contributed by atoms with van der Waals surface area (Å²) in [5.41, 5.74) is 13.1. The van der Waals surface area contributed by atoms with Crippen LogP contribution < -0.4 is 0 Å². The number of fused-ring (bicyclic) bond motifs is 6. The van der Waals surface area contributed by atoms with Crippen molar-refractivity contribution in [3.8, 4) is 33.6 Å². The fraction of sp³-hybridized carbons (Fsp3) is 0.0800. The number of hydrogen-bond acceptors (Lipinski definition) is 1. The molecule has 4 aromatic rings. The van der Waals surface area contributed by atoms with Crippen molar-refractivity contribution in [2.75, 3.05) is 0 Å². The minimum atomic E-state index is 0.966. The molecule has 0 aliphatic heterocycles. The largest absolute Gasteiger partial charge is 0.247 e. The summed E-state index contributed by atoms with van der Waals surface area (Å²) in [5.74, 6) is 0. The molecule has 0 saturated carbocycles. The zero-order valence-electron chi connectivity index (χ0n) is 14.7. The van der Waals surface area contributed by atoms with Crippen molar-refractivity contribution in [1.82, 2.24) is 4.98 Å². The molecule has 0 spiro atoms. The molecule has 0 amide bonds. The van der Waals surface area contributed by atoms with Crippen LogP contribution in [0.5, 0.6) is 0 Å². The van der Waals surface area contributed by atoms with Gasteiger partial charge in [0.25, 0.3) is 0 Å². The first kappa shape index (κ1) is 15.4. The van der Waals surface area contributed by atoms with Gasteiger partial charge < -0.3 is 0 Å². The molecule has 1 aromatic heterocycles. The van der Waals surface area contributed by atoms with Crippen molar-refractivity contribution in [2.45, 2.75) is 12.8 Å². The Kier molecular flexibility index (Phi) is 3.21. The summed E-state index contributed by atoms with van der Waals surface area (Å²) >= 11 is 3.58. The van der Waals surface area contributed by atoms with Gasteiger partial charge in [0.05, 0.1) is 11.4 Å². The number of rotatable bonds is 1. The number of pyridine rings is 1. The van der Waals surface area contributed by atoms with Gasteiger partial charge in [0.2, 0.25) is 0 Å². The minimum absolute atomic E-state index is 0.966. The quantitative estimate of drug-likeness (QED) is 0.296. The number of hydrogen-bond donors (Lipinski definition) is 0. The number of aromatic nitrogens is 1. The average Bonchev–Trinajstić information content (AvgIpc) is 3.25. The SMILES string of the molecule is Brc1ccc(-c2c3c(nc4c2Cc2ccccc2-4)-c2ccccc2C3)cc1. The number of nitrogens with zero attached hydrogens (tertiary/aromatic N) is 1. The minimum Gasteiger partial charge on any atom is -0.247 e. The van der Waals surface area contributed by atoms with Crippen molar-refractivity contribution < 1.29 is 0 Å². The zero-order valence-corrected chi connectivity index (χ0v) is 16.3. The third kappa shape index (κ3) is 2.20. The van der Waals surface area contributed by atoms with Crippen LogP contribution in [0.3, 0.4) is 0 Å².